The number of hydrogen-bond acceptors (Lipinski definition) is 9. The summed E-state index contributed by atoms with van der Waals surface area (Å²) in [5.41, 5.74) is 0. The quantitative estimate of drug-likeness (QED) is 0.0613. The van der Waals surface area contributed by atoms with Gasteiger partial charge in [0.25, 0.3) is 8.32 Å². The van der Waals surface area contributed by atoms with Crippen molar-refractivity contribution in [2.24, 2.45) is 23.7 Å². The molecular formula is C48H84O9Si2. The second-order valence-corrected chi connectivity index (χ2v) is 28.3. The second-order valence-electron chi connectivity index (χ2n) is 19.3. The fourth-order valence-corrected chi connectivity index (χ4v) is 14.2. The Morgan fingerprint density at radius 2 is 1.17 bits per heavy atom. The van der Waals surface area contributed by atoms with Gasteiger partial charge in [0.05, 0.1) is 24.4 Å². The van der Waals surface area contributed by atoms with E-state index in [1.54, 1.807) is 35.5 Å². The minimum atomic E-state index is -2.71. The van der Waals surface area contributed by atoms with Crippen LogP contribution in [0.3, 0.4) is 0 Å². The largest absolute Gasteiger partial charge is 0.413 e. The van der Waals surface area contributed by atoms with E-state index in [-0.39, 0.29) is 70.7 Å². The highest BCUT2D eigenvalue weighted by Gasteiger charge is 2.50. The molecule has 0 fully saturated rings. The van der Waals surface area contributed by atoms with Gasteiger partial charge in [-0.3, -0.25) is 4.79 Å². The van der Waals surface area contributed by atoms with Crippen LogP contribution < -0.4 is 10.4 Å². The first kappa shape index (κ1) is 53.4. The van der Waals surface area contributed by atoms with Crippen molar-refractivity contribution in [3.8, 4) is 0 Å². The lowest BCUT2D eigenvalue weighted by Gasteiger charge is -2.44. The van der Waals surface area contributed by atoms with Crippen molar-refractivity contribution >= 4 is 32.8 Å². The summed E-state index contributed by atoms with van der Waals surface area (Å²) in [5, 5.41) is 2.41. The molecule has 8 atom stereocenters. The Bertz CT molecular complexity index is 1400. The van der Waals surface area contributed by atoms with E-state index < -0.39 is 22.9 Å². The average molecular weight is 861 g/mol. The minimum Gasteiger partial charge on any atom is -0.413 e. The first-order valence-corrected chi connectivity index (χ1v) is 26.6. The van der Waals surface area contributed by atoms with Crippen LogP contribution in [0.15, 0.2) is 60.7 Å². The summed E-state index contributed by atoms with van der Waals surface area (Å²) < 4.78 is 49.1. The Morgan fingerprint density at radius 3 is 1.61 bits per heavy atom. The number of carbonyl (C=O) groups is 1. The fourth-order valence-electron chi connectivity index (χ4n) is 8.14. The van der Waals surface area contributed by atoms with Crippen LogP contribution in [-0.4, -0.2) is 102 Å². The van der Waals surface area contributed by atoms with E-state index in [4.69, 9.17) is 37.3 Å². The maximum Gasteiger partial charge on any atom is 0.261 e. The first-order chi connectivity index (χ1) is 27.6. The summed E-state index contributed by atoms with van der Waals surface area (Å²) in [7, 11) is 3.37. The van der Waals surface area contributed by atoms with Crippen molar-refractivity contribution in [2.45, 2.75) is 155 Å². The molecule has 0 aromatic heterocycles. The molecule has 2 rings (SSSR count). The van der Waals surface area contributed by atoms with Gasteiger partial charge in [0.2, 0.25) is 0 Å². The summed E-state index contributed by atoms with van der Waals surface area (Å²) in [4.78, 5) is 14.3. The maximum absolute atomic E-state index is 14.3. The van der Waals surface area contributed by atoms with Crippen LogP contribution in [0.5, 0.6) is 0 Å². The number of carbonyl (C=O) groups excluding carboxylic acids is 1. The van der Waals surface area contributed by atoms with E-state index in [9.17, 15) is 4.79 Å². The Balaban J connectivity index is 2.31. The summed E-state index contributed by atoms with van der Waals surface area (Å²) in [6, 6.07) is 21.6. The highest BCUT2D eigenvalue weighted by Crippen LogP contribution is 2.41. The first-order valence-electron chi connectivity index (χ1n) is 21.8. The van der Waals surface area contributed by atoms with Gasteiger partial charge < -0.3 is 37.3 Å². The number of methoxy groups -OCH3 is 5. The van der Waals surface area contributed by atoms with Crippen LogP contribution in [0, 0.1) is 23.7 Å². The Kier molecular flexibility index (Phi) is 22.4. The normalized spacial score (nSPS) is 17.3. The number of rotatable bonds is 28. The molecule has 0 aliphatic carbocycles. The molecule has 0 amide bonds. The number of Topliss-reactive ketones (excluding diaryl/α,β-unsaturated/α-hetero) is 1. The third kappa shape index (κ3) is 14.9. The SMILES string of the molecule is COCO[C@H](C[C@@H](OC)[C@@H](C)CCC(=O)[C@H](C)[C@H](O[Si](C)(C)C(C)(C)C)[C@H](C)CCO[Si](c1ccccc1)(c1ccccc1)C(C)(C)C)[C@@H](C)[C@@H](CC(OC)OC)OC. The van der Waals surface area contributed by atoms with Crippen molar-refractivity contribution in [3.63, 3.8) is 0 Å². The lowest BCUT2D eigenvalue weighted by Crippen LogP contribution is -2.66. The molecule has 59 heavy (non-hydrogen) atoms. The van der Waals surface area contributed by atoms with Crippen molar-refractivity contribution in [3.05, 3.63) is 60.7 Å². The number of benzene rings is 2. The van der Waals surface area contributed by atoms with E-state index >= 15 is 0 Å². The molecule has 0 spiro atoms. The van der Waals surface area contributed by atoms with Crippen LogP contribution in [0.2, 0.25) is 23.2 Å². The molecule has 0 saturated heterocycles. The highest BCUT2D eigenvalue weighted by molar-refractivity contribution is 6.99. The average Bonchev–Trinajstić information content (AvgIpc) is 3.20. The monoisotopic (exact) mass is 861 g/mol. The molecule has 0 radical (unpaired) electrons. The van der Waals surface area contributed by atoms with Gasteiger partial charge in [-0.2, -0.15) is 0 Å². The zero-order valence-corrected chi connectivity index (χ0v) is 42.1. The van der Waals surface area contributed by atoms with Gasteiger partial charge in [-0.25, -0.2) is 0 Å². The van der Waals surface area contributed by atoms with Crippen molar-refractivity contribution in [2.75, 3.05) is 48.9 Å². The zero-order chi connectivity index (χ0) is 44.6. The van der Waals surface area contributed by atoms with Crippen LogP contribution in [0.1, 0.15) is 101 Å². The topological polar surface area (TPSA) is 90.9 Å². The van der Waals surface area contributed by atoms with Crippen LogP contribution in [0.25, 0.3) is 0 Å². The molecule has 11 heteroatoms. The second kappa shape index (κ2) is 24.8. The van der Waals surface area contributed by atoms with Gasteiger partial charge in [-0.15, -0.1) is 0 Å². The third-order valence-corrected chi connectivity index (χ3v) is 22.7. The fraction of sp³-hybridized carbons (Fsp3) is 0.729. The van der Waals surface area contributed by atoms with Crippen LogP contribution >= 0.6 is 0 Å². The van der Waals surface area contributed by atoms with Gasteiger partial charge >= 0.3 is 0 Å². The smallest absolute Gasteiger partial charge is 0.261 e. The molecule has 0 aliphatic heterocycles. The van der Waals surface area contributed by atoms with Gasteiger partial charge in [0, 0.05) is 73.3 Å². The van der Waals surface area contributed by atoms with Crippen LogP contribution in [0.4, 0.5) is 0 Å². The summed E-state index contributed by atoms with van der Waals surface area (Å²) >= 11 is 0. The standard InChI is InChI=1S/C48H84O9Si2/c1-35(42(51-12)32-44(55-34-50-11)38(4)43(52-13)33-45(53-14)54-15)28-29-41(49)37(3)46(57-58(16,17)47(5,6)7)36(2)30-31-56-59(48(8,9)10,39-24-20-18-21-25-39)40-26-22-19-23-27-40/h18-27,35-38,42-46H,28-34H2,1-17H3/t35-,36+,37-,38-,42+,43+,44+,46+/m0/s1. The van der Waals surface area contributed by atoms with E-state index in [1.165, 1.54) is 10.4 Å². The summed E-state index contributed by atoms with van der Waals surface area (Å²) in [5.74, 6) is 0.121. The highest BCUT2D eigenvalue weighted by atomic mass is 28.4. The lowest BCUT2D eigenvalue weighted by molar-refractivity contribution is -0.157. The molecule has 2 aromatic carbocycles. The zero-order valence-electron chi connectivity index (χ0n) is 40.1. The Hall–Kier alpha value is -1.78. The Labute approximate surface area is 362 Å². The lowest BCUT2D eigenvalue weighted by atomic mass is 9.84. The van der Waals surface area contributed by atoms with Crippen molar-refractivity contribution in [1.29, 1.82) is 0 Å². The molecule has 0 aliphatic rings. The van der Waals surface area contributed by atoms with E-state index in [0.29, 0.717) is 32.3 Å². The number of ketones is 1. The predicted molar refractivity (Wildman–Crippen MR) is 247 cm³/mol. The van der Waals surface area contributed by atoms with E-state index in [1.807, 2.05) is 0 Å². The molecule has 0 heterocycles. The van der Waals surface area contributed by atoms with Crippen molar-refractivity contribution in [1.82, 2.24) is 0 Å². The van der Waals surface area contributed by atoms with E-state index in [0.717, 1.165) is 6.42 Å². The van der Waals surface area contributed by atoms with Gasteiger partial charge in [0.15, 0.2) is 14.6 Å². The molecular weight excluding hydrogens is 777 g/mol. The maximum atomic E-state index is 14.3. The number of hydrogen-bond donors (Lipinski definition) is 0. The molecule has 0 saturated carbocycles. The predicted octanol–water partition coefficient (Wildman–Crippen LogP) is 9.66. The molecule has 9 nitrogen and oxygen atoms in total. The summed E-state index contributed by atoms with van der Waals surface area (Å²) in [6.45, 7) is 27.6. The van der Waals surface area contributed by atoms with E-state index in [2.05, 4.69) is 143 Å². The summed E-state index contributed by atoms with van der Waals surface area (Å²) in [6.07, 6.45) is 1.92. The molecule has 2 aromatic rings. The van der Waals surface area contributed by atoms with Gasteiger partial charge in [0.1, 0.15) is 12.6 Å². The molecule has 0 unspecified atom stereocenters. The molecule has 338 valence electrons. The van der Waals surface area contributed by atoms with Gasteiger partial charge in [-0.05, 0) is 58.2 Å². The minimum absolute atomic E-state index is 0.00616. The third-order valence-electron chi connectivity index (χ3n) is 13.2. The van der Waals surface area contributed by atoms with Gasteiger partial charge in [-0.1, -0.05) is 130 Å². The molecule has 0 bridgehead atoms. The molecule has 0 N–H and O–H groups in total. The van der Waals surface area contributed by atoms with Crippen LogP contribution in [-0.2, 0) is 42.1 Å². The Morgan fingerprint density at radius 1 is 0.644 bits per heavy atom. The van der Waals surface area contributed by atoms with Crippen molar-refractivity contribution < 1.29 is 42.1 Å². The number of ether oxygens (including phenoxy) is 6.